The molecule has 2 aliphatic carbocycles. The second-order valence-electron chi connectivity index (χ2n) is 7.89. The van der Waals surface area contributed by atoms with Crippen LogP contribution in [0.1, 0.15) is 51.4 Å². The van der Waals surface area contributed by atoms with Gasteiger partial charge in [0.15, 0.2) is 0 Å². The van der Waals surface area contributed by atoms with Crippen LogP contribution < -0.4 is 11.1 Å². The summed E-state index contributed by atoms with van der Waals surface area (Å²) in [6, 6.07) is 0.381. The summed E-state index contributed by atoms with van der Waals surface area (Å²) in [6.07, 6.45) is 12.3. The number of nitrogens with one attached hydrogen (secondary N) is 1. The van der Waals surface area contributed by atoms with Crippen molar-refractivity contribution in [1.29, 1.82) is 0 Å². The number of carboxylic acid groups (broad SMARTS) is 1. The SMILES string of the molecule is N[C@](CCCCB(O)O)(C(=O)O)C1CCC(NCC2=CCC(Cl)C=C2)CC1. The first-order valence-corrected chi connectivity index (χ1v) is 10.4. The normalized spacial score (nSPS) is 27.7. The second kappa shape index (κ2) is 10.6. The van der Waals surface area contributed by atoms with Crippen LogP contribution in [0.25, 0.3) is 0 Å². The molecule has 0 aromatic carbocycles. The number of halogens is 1. The molecule has 27 heavy (non-hydrogen) atoms. The molecule has 0 aromatic rings. The zero-order chi connectivity index (χ0) is 19.9. The zero-order valence-corrected chi connectivity index (χ0v) is 16.6. The third-order valence-corrected chi connectivity index (χ3v) is 6.20. The summed E-state index contributed by atoms with van der Waals surface area (Å²) in [5.41, 5.74) is 6.33. The molecule has 1 saturated carbocycles. The molecule has 0 aliphatic heterocycles. The van der Waals surface area contributed by atoms with E-state index < -0.39 is 18.6 Å². The highest BCUT2D eigenvalue weighted by Crippen LogP contribution is 2.35. The number of hydrogen-bond acceptors (Lipinski definition) is 5. The van der Waals surface area contributed by atoms with Crippen LogP contribution in [0, 0.1) is 5.92 Å². The minimum atomic E-state index is -1.34. The van der Waals surface area contributed by atoms with E-state index in [0.717, 1.165) is 38.6 Å². The van der Waals surface area contributed by atoms with Gasteiger partial charge in [-0.05, 0) is 56.3 Å². The Hall–Kier alpha value is -0.855. The largest absolute Gasteiger partial charge is 0.480 e. The van der Waals surface area contributed by atoms with Gasteiger partial charge in [-0.1, -0.05) is 31.1 Å². The van der Waals surface area contributed by atoms with E-state index in [9.17, 15) is 9.90 Å². The molecule has 0 heterocycles. The highest BCUT2D eigenvalue weighted by Gasteiger charge is 2.43. The molecule has 1 fully saturated rings. The second-order valence-corrected chi connectivity index (χ2v) is 8.45. The molecule has 6 N–H and O–H groups in total. The first kappa shape index (κ1) is 22.4. The number of nitrogens with two attached hydrogens (primary N) is 1. The average Bonchev–Trinajstić information content (AvgIpc) is 2.64. The van der Waals surface area contributed by atoms with E-state index in [-0.39, 0.29) is 17.6 Å². The van der Waals surface area contributed by atoms with Crippen LogP contribution in [-0.4, -0.2) is 51.7 Å². The molecular formula is C19H32BClN2O4. The fourth-order valence-electron chi connectivity index (χ4n) is 4.07. The average molecular weight is 399 g/mol. The highest BCUT2D eigenvalue weighted by molar-refractivity contribution is 6.40. The lowest BCUT2D eigenvalue weighted by atomic mass is 9.71. The summed E-state index contributed by atoms with van der Waals surface area (Å²) >= 11 is 6.04. The van der Waals surface area contributed by atoms with Gasteiger partial charge in [-0.25, -0.2) is 0 Å². The van der Waals surface area contributed by atoms with Gasteiger partial charge in [-0.2, -0.15) is 0 Å². The smallest absolute Gasteiger partial charge is 0.451 e. The van der Waals surface area contributed by atoms with Gasteiger partial charge >= 0.3 is 13.1 Å². The number of allylic oxidation sites excluding steroid dienone is 2. The van der Waals surface area contributed by atoms with Crippen molar-refractivity contribution in [3.05, 3.63) is 23.8 Å². The van der Waals surface area contributed by atoms with Crippen molar-refractivity contribution in [2.24, 2.45) is 11.7 Å². The molecule has 152 valence electrons. The third kappa shape index (κ3) is 6.91. The van der Waals surface area contributed by atoms with Crippen molar-refractivity contribution in [3.8, 4) is 0 Å². The Bertz CT molecular complexity index is 550. The van der Waals surface area contributed by atoms with Gasteiger partial charge < -0.3 is 26.2 Å². The molecule has 0 spiro atoms. The fourth-order valence-corrected chi connectivity index (χ4v) is 4.24. The molecule has 8 heteroatoms. The molecule has 2 aliphatic rings. The Morgan fingerprint density at radius 1 is 1.30 bits per heavy atom. The van der Waals surface area contributed by atoms with Crippen molar-refractivity contribution in [2.75, 3.05) is 6.54 Å². The highest BCUT2D eigenvalue weighted by atomic mass is 35.5. The lowest BCUT2D eigenvalue weighted by molar-refractivity contribution is -0.146. The quantitative estimate of drug-likeness (QED) is 0.218. The van der Waals surface area contributed by atoms with Crippen molar-refractivity contribution < 1.29 is 19.9 Å². The number of rotatable bonds is 10. The minimum absolute atomic E-state index is 0.0436. The van der Waals surface area contributed by atoms with Crippen LogP contribution in [0.15, 0.2) is 23.8 Å². The molecular weight excluding hydrogens is 366 g/mol. The summed E-state index contributed by atoms with van der Waals surface area (Å²) < 4.78 is 0. The summed E-state index contributed by atoms with van der Waals surface area (Å²) in [5.74, 6) is -0.991. The molecule has 2 rings (SSSR count). The summed E-state index contributed by atoms with van der Waals surface area (Å²) in [5, 5.41) is 31.2. The Balaban J connectivity index is 1.77. The van der Waals surface area contributed by atoms with Gasteiger partial charge in [0.05, 0.1) is 5.38 Å². The van der Waals surface area contributed by atoms with E-state index in [1.165, 1.54) is 5.57 Å². The third-order valence-electron chi connectivity index (χ3n) is 5.88. The first-order valence-electron chi connectivity index (χ1n) is 9.94. The van der Waals surface area contributed by atoms with E-state index in [2.05, 4.69) is 17.5 Å². The van der Waals surface area contributed by atoms with E-state index in [1.54, 1.807) is 0 Å². The predicted molar refractivity (Wildman–Crippen MR) is 109 cm³/mol. The molecule has 0 radical (unpaired) electrons. The lowest BCUT2D eigenvalue weighted by Gasteiger charge is -2.39. The number of carboxylic acids is 1. The maximum Gasteiger partial charge on any atom is 0.451 e. The molecule has 6 nitrogen and oxygen atoms in total. The molecule has 0 saturated heterocycles. The minimum Gasteiger partial charge on any atom is -0.480 e. The van der Waals surface area contributed by atoms with Gasteiger partial charge in [0, 0.05) is 12.6 Å². The number of carbonyl (C=O) groups is 1. The lowest BCUT2D eigenvalue weighted by Crippen LogP contribution is -2.55. The Kier molecular flexibility index (Phi) is 8.83. The summed E-state index contributed by atoms with van der Waals surface area (Å²) in [6.45, 7) is 0.811. The Morgan fingerprint density at radius 2 is 2.00 bits per heavy atom. The van der Waals surface area contributed by atoms with Crippen LogP contribution >= 0.6 is 11.6 Å². The molecule has 1 unspecified atom stereocenters. The van der Waals surface area contributed by atoms with Crippen LogP contribution in [0.3, 0.4) is 0 Å². The van der Waals surface area contributed by atoms with E-state index >= 15 is 0 Å². The van der Waals surface area contributed by atoms with Gasteiger partial charge in [-0.15, -0.1) is 11.6 Å². The van der Waals surface area contributed by atoms with E-state index in [1.807, 2.05) is 6.08 Å². The number of unbranched alkanes of at least 4 members (excludes halogenated alkanes) is 1. The fraction of sp³-hybridized carbons (Fsp3) is 0.737. The van der Waals surface area contributed by atoms with E-state index in [0.29, 0.717) is 25.3 Å². The topological polar surface area (TPSA) is 116 Å². The predicted octanol–water partition coefficient (Wildman–Crippen LogP) is 2.05. The zero-order valence-electron chi connectivity index (χ0n) is 15.8. The maximum atomic E-state index is 11.8. The number of alkyl halides is 1. The maximum absolute atomic E-state index is 11.8. The first-order chi connectivity index (χ1) is 12.8. The molecule has 0 amide bonds. The van der Waals surface area contributed by atoms with Gasteiger partial charge in [0.2, 0.25) is 0 Å². The van der Waals surface area contributed by atoms with E-state index in [4.69, 9.17) is 27.4 Å². The van der Waals surface area contributed by atoms with Crippen LogP contribution in [-0.2, 0) is 4.79 Å². The van der Waals surface area contributed by atoms with Crippen molar-refractivity contribution >= 4 is 24.7 Å². The molecule has 0 aromatic heterocycles. The Labute approximate surface area is 167 Å². The van der Waals surface area contributed by atoms with Crippen LogP contribution in [0.5, 0.6) is 0 Å². The summed E-state index contributed by atoms with van der Waals surface area (Å²) in [7, 11) is -1.34. The van der Waals surface area contributed by atoms with Crippen LogP contribution in [0.2, 0.25) is 6.32 Å². The van der Waals surface area contributed by atoms with Gasteiger partial charge in [0.25, 0.3) is 0 Å². The van der Waals surface area contributed by atoms with Crippen molar-refractivity contribution in [2.45, 2.75) is 74.6 Å². The van der Waals surface area contributed by atoms with Crippen molar-refractivity contribution in [3.63, 3.8) is 0 Å². The standard InChI is InChI=1S/C19H32BClN2O4/c21-16-7-3-14(4-8-16)13-23-17-9-5-15(6-10-17)19(22,18(24)25)11-1-2-12-20(26)27/h3-4,7,15-17,23,26-27H,1-2,5-6,8-13,22H2,(H,24,25)/t15?,16?,17?,19-/m0/s1. The number of hydrogen-bond donors (Lipinski definition) is 5. The monoisotopic (exact) mass is 398 g/mol. The molecule has 0 bridgehead atoms. The van der Waals surface area contributed by atoms with Crippen molar-refractivity contribution in [1.82, 2.24) is 5.32 Å². The number of aliphatic carboxylic acids is 1. The van der Waals surface area contributed by atoms with Gasteiger partial charge in [0.1, 0.15) is 5.54 Å². The van der Waals surface area contributed by atoms with Gasteiger partial charge in [-0.3, -0.25) is 4.79 Å². The van der Waals surface area contributed by atoms with Crippen LogP contribution in [0.4, 0.5) is 0 Å². The Morgan fingerprint density at radius 3 is 2.56 bits per heavy atom. The molecule has 2 atom stereocenters. The summed E-state index contributed by atoms with van der Waals surface area (Å²) in [4.78, 5) is 11.8.